The van der Waals surface area contributed by atoms with E-state index in [-0.39, 0.29) is 11.7 Å². The van der Waals surface area contributed by atoms with E-state index in [0.29, 0.717) is 17.8 Å². The number of anilines is 2. The third-order valence-corrected chi connectivity index (χ3v) is 6.59. The molecule has 0 aromatic heterocycles. The Kier molecular flexibility index (Phi) is 5.59. The first-order valence-corrected chi connectivity index (χ1v) is 11.6. The van der Waals surface area contributed by atoms with Crippen LogP contribution < -0.4 is 9.62 Å². The van der Waals surface area contributed by atoms with Gasteiger partial charge in [0.1, 0.15) is 0 Å². The van der Waals surface area contributed by atoms with Gasteiger partial charge in [-0.1, -0.05) is 48.5 Å². The fourth-order valence-electron chi connectivity index (χ4n) is 3.78. The molecular formula is C24H24N2O3S. The summed E-state index contributed by atoms with van der Waals surface area (Å²) in [4.78, 5) is 14.8. The van der Waals surface area contributed by atoms with E-state index in [1.807, 2.05) is 55.5 Å². The van der Waals surface area contributed by atoms with Crippen LogP contribution in [0.3, 0.4) is 0 Å². The average Bonchev–Trinajstić information content (AvgIpc) is 2.74. The van der Waals surface area contributed by atoms with E-state index in [2.05, 4.69) is 4.72 Å². The van der Waals surface area contributed by atoms with Crippen LogP contribution in [0.25, 0.3) is 0 Å². The van der Waals surface area contributed by atoms with Gasteiger partial charge in [0, 0.05) is 17.8 Å². The average molecular weight is 421 g/mol. The van der Waals surface area contributed by atoms with Crippen LogP contribution in [0.1, 0.15) is 33.5 Å². The molecule has 0 atom stereocenters. The zero-order valence-electron chi connectivity index (χ0n) is 16.8. The zero-order valence-corrected chi connectivity index (χ0v) is 17.7. The first kappa shape index (κ1) is 20.2. The fraction of sp³-hybridized carbons (Fsp3) is 0.208. The van der Waals surface area contributed by atoms with Gasteiger partial charge in [-0.3, -0.25) is 9.52 Å². The number of fused-ring (bicyclic) bond motifs is 1. The summed E-state index contributed by atoms with van der Waals surface area (Å²) in [5.74, 6) is -0.167. The standard InChI is InChI=1S/C24H24N2O3S/c1-18-8-5-6-11-21(18)17-30(28,29)25-22-14-13-19-12-7-15-26(23(19)16-22)24(27)20-9-3-2-4-10-20/h2-6,8-11,13-14,16,25H,7,12,15,17H2,1H3. The molecular weight excluding hydrogens is 396 g/mol. The van der Waals surface area contributed by atoms with Gasteiger partial charge < -0.3 is 4.90 Å². The molecule has 1 heterocycles. The number of nitrogens with one attached hydrogen (secondary N) is 1. The first-order valence-electron chi connectivity index (χ1n) is 9.98. The Bertz CT molecular complexity index is 1170. The van der Waals surface area contributed by atoms with Crippen molar-refractivity contribution < 1.29 is 13.2 Å². The normalized spacial score (nSPS) is 13.6. The zero-order chi connectivity index (χ0) is 21.1. The number of carbonyl (C=O) groups is 1. The highest BCUT2D eigenvalue weighted by atomic mass is 32.2. The van der Waals surface area contributed by atoms with E-state index >= 15 is 0 Å². The van der Waals surface area contributed by atoms with Gasteiger partial charge in [0.25, 0.3) is 5.91 Å². The summed E-state index contributed by atoms with van der Waals surface area (Å²) in [6.45, 7) is 2.51. The molecule has 30 heavy (non-hydrogen) atoms. The van der Waals surface area contributed by atoms with Gasteiger partial charge in [-0.05, 0) is 60.7 Å². The number of benzene rings is 3. The highest BCUT2D eigenvalue weighted by molar-refractivity contribution is 7.91. The molecule has 154 valence electrons. The Morgan fingerprint density at radius 3 is 2.50 bits per heavy atom. The highest BCUT2D eigenvalue weighted by Crippen LogP contribution is 2.32. The van der Waals surface area contributed by atoms with Crippen molar-refractivity contribution in [3.8, 4) is 0 Å². The number of carbonyl (C=O) groups excluding carboxylic acids is 1. The second-order valence-corrected chi connectivity index (χ2v) is 9.28. The minimum Gasteiger partial charge on any atom is -0.308 e. The highest BCUT2D eigenvalue weighted by Gasteiger charge is 2.24. The van der Waals surface area contributed by atoms with Crippen LogP contribution in [0.5, 0.6) is 0 Å². The van der Waals surface area contributed by atoms with Crippen molar-refractivity contribution in [2.24, 2.45) is 0 Å². The van der Waals surface area contributed by atoms with E-state index in [1.165, 1.54) is 0 Å². The molecule has 4 rings (SSSR count). The molecule has 0 saturated heterocycles. The maximum atomic E-state index is 13.0. The van der Waals surface area contributed by atoms with Gasteiger partial charge in [0.05, 0.1) is 11.4 Å². The lowest BCUT2D eigenvalue weighted by atomic mass is 10.00. The van der Waals surface area contributed by atoms with Crippen LogP contribution in [0.2, 0.25) is 0 Å². The van der Waals surface area contributed by atoms with E-state index < -0.39 is 10.0 Å². The van der Waals surface area contributed by atoms with Crippen molar-refractivity contribution in [3.05, 3.63) is 95.1 Å². The third-order valence-electron chi connectivity index (χ3n) is 5.35. The number of hydrogen-bond donors (Lipinski definition) is 1. The lowest BCUT2D eigenvalue weighted by Crippen LogP contribution is -2.35. The topological polar surface area (TPSA) is 66.5 Å². The molecule has 0 radical (unpaired) electrons. The number of nitrogens with zero attached hydrogens (tertiary/aromatic N) is 1. The van der Waals surface area contributed by atoms with Crippen LogP contribution in [-0.2, 0) is 22.2 Å². The van der Waals surface area contributed by atoms with Gasteiger partial charge in [0.2, 0.25) is 10.0 Å². The molecule has 6 heteroatoms. The minimum atomic E-state index is -3.58. The van der Waals surface area contributed by atoms with Crippen molar-refractivity contribution in [2.45, 2.75) is 25.5 Å². The summed E-state index contributed by atoms with van der Waals surface area (Å²) in [7, 11) is -3.58. The van der Waals surface area contributed by atoms with E-state index in [4.69, 9.17) is 0 Å². The largest absolute Gasteiger partial charge is 0.308 e. The second kappa shape index (κ2) is 8.32. The maximum absolute atomic E-state index is 13.0. The van der Waals surface area contributed by atoms with Crippen molar-refractivity contribution >= 4 is 27.3 Å². The summed E-state index contributed by atoms with van der Waals surface area (Å²) in [6.07, 6.45) is 1.74. The van der Waals surface area contributed by atoms with Crippen LogP contribution in [0.4, 0.5) is 11.4 Å². The lowest BCUT2D eigenvalue weighted by molar-refractivity contribution is 0.0985. The van der Waals surface area contributed by atoms with Crippen molar-refractivity contribution in [1.82, 2.24) is 0 Å². The summed E-state index contributed by atoms with van der Waals surface area (Å²) < 4.78 is 28.1. The van der Waals surface area contributed by atoms with Gasteiger partial charge in [0.15, 0.2) is 0 Å². The third kappa shape index (κ3) is 4.39. The Balaban J connectivity index is 1.60. The fourth-order valence-corrected chi connectivity index (χ4v) is 5.07. The molecule has 1 amide bonds. The van der Waals surface area contributed by atoms with E-state index in [0.717, 1.165) is 35.2 Å². The van der Waals surface area contributed by atoms with Crippen LogP contribution in [0.15, 0.2) is 72.8 Å². The Labute approximate surface area is 177 Å². The lowest BCUT2D eigenvalue weighted by Gasteiger charge is -2.30. The van der Waals surface area contributed by atoms with E-state index in [9.17, 15) is 13.2 Å². The summed E-state index contributed by atoms with van der Waals surface area (Å²) in [6, 6.07) is 22.0. The molecule has 3 aromatic rings. The van der Waals surface area contributed by atoms with Crippen molar-refractivity contribution in [1.29, 1.82) is 0 Å². The van der Waals surface area contributed by atoms with Gasteiger partial charge in [-0.2, -0.15) is 0 Å². The van der Waals surface area contributed by atoms with E-state index in [1.54, 1.807) is 29.2 Å². The number of hydrogen-bond acceptors (Lipinski definition) is 3. The summed E-state index contributed by atoms with van der Waals surface area (Å²) in [5, 5.41) is 0. The number of aryl methyl sites for hydroxylation is 2. The molecule has 0 unspecified atom stereocenters. The summed E-state index contributed by atoms with van der Waals surface area (Å²) >= 11 is 0. The number of amides is 1. The molecule has 1 aliphatic rings. The molecule has 0 saturated carbocycles. The minimum absolute atomic E-state index is 0.0727. The maximum Gasteiger partial charge on any atom is 0.258 e. The molecule has 0 aliphatic carbocycles. The van der Waals surface area contributed by atoms with Gasteiger partial charge >= 0.3 is 0 Å². The molecule has 5 nitrogen and oxygen atoms in total. The molecule has 0 bridgehead atoms. The second-order valence-electron chi connectivity index (χ2n) is 7.56. The quantitative estimate of drug-likeness (QED) is 0.659. The monoisotopic (exact) mass is 420 g/mol. The number of sulfonamides is 1. The predicted octanol–water partition coefficient (Wildman–Crippen LogP) is 4.53. The SMILES string of the molecule is Cc1ccccc1CS(=O)(=O)Nc1ccc2c(c1)N(C(=O)c1ccccc1)CCC2. The van der Waals surface area contributed by atoms with Gasteiger partial charge in [-0.25, -0.2) is 8.42 Å². The molecule has 0 spiro atoms. The molecule has 1 N–H and O–H groups in total. The summed E-state index contributed by atoms with van der Waals surface area (Å²) in [5.41, 5.74) is 4.61. The molecule has 0 fully saturated rings. The van der Waals surface area contributed by atoms with Crippen LogP contribution >= 0.6 is 0 Å². The first-order chi connectivity index (χ1) is 14.4. The van der Waals surface area contributed by atoms with Crippen molar-refractivity contribution in [2.75, 3.05) is 16.2 Å². The van der Waals surface area contributed by atoms with Gasteiger partial charge in [-0.15, -0.1) is 0 Å². The Hall–Kier alpha value is -3.12. The van der Waals surface area contributed by atoms with Crippen molar-refractivity contribution in [3.63, 3.8) is 0 Å². The van der Waals surface area contributed by atoms with Crippen LogP contribution in [0, 0.1) is 6.92 Å². The smallest absolute Gasteiger partial charge is 0.258 e. The Morgan fingerprint density at radius 2 is 1.73 bits per heavy atom. The number of rotatable bonds is 5. The molecule has 3 aromatic carbocycles. The predicted molar refractivity (Wildman–Crippen MR) is 120 cm³/mol. The Morgan fingerprint density at radius 1 is 1.00 bits per heavy atom. The molecule has 1 aliphatic heterocycles. The van der Waals surface area contributed by atoms with Crippen LogP contribution in [-0.4, -0.2) is 20.9 Å².